The Morgan fingerprint density at radius 1 is 0.750 bits per heavy atom. The Kier molecular flexibility index (Phi) is 13.7. The fourth-order valence-corrected chi connectivity index (χ4v) is 7.11. The number of H-pyrrole nitrogens is 1. The van der Waals surface area contributed by atoms with Crippen molar-refractivity contribution >= 4 is 35.9 Å². The van der Waals surface area contributed by atoms with Gasteiger partial charge in [-0.2, -0.15) is 0 Å². The zero-order valence-corrected chi connectivity index (χ0v) is 32.7. The molecule has 300 valence electrons. The molecule has 0 unspecified atom stereocenters. The number of likely N-dealkylation sites (tertiary alicyclic amines) is 2. The van der Waals surface area contributed by atoms with Crippen LogP contribution in [0.3, 0.4) is 0 Å². The average molecular weight is 773 g/mol. The third kappa shape index (κ3) is 9.83. The molecule has 2 saturated heterocycles. The summed E-state index contributed by atoms with van der Waals surface area (Å²) in [6.07, 6.45) is 2.97. The molecular formula is C40H52N8O8. The highest BCUT2D eigenvalue weighted by Crippen LogP contribution is 2.33. The number of aromatic nitrogens is 2. The monoisotopic (exact) mass is 772 g/mol. The Balaban J connectivity index is 1.14. The molecule has 5 rings (SSSR count). The lowest BCUT2D eigenvalue weighted by Crippen LogP contribution is -2.56. The van der Waals surface area contributed by atoms with Crippen LogP contribution in [0, 0.1) is 11.8 Å². The molecule has 16 heteroatoms. The van der Waals surface area contributed by atoms with E-state index in [4.69, 9.17) is 4.74 Å². The number of ether oxygens (including phenoxy) is 2. The zero-order chi connectivity index (χ0) is 40.5. The maximum absolute atomic E-state index is 13.5. The maximum Gasteiger partial charge on any atom is 0.407 e. The number of methoxy groups -OCH3 is 2. The molecule has 7 amide bonds. The SMILES string of the molecule is COC(=O)N[C@H](C(=O)N1CCC[C@H]1C(=O)NC(=O)NCc1ccc(-c2ccc(-c3cnc([C@@H]4CCCN4C(=O)[C@@H](NC(=O)OC)C(C)C)[nH]3)cc2)cc1)C(C)C. The van der Waals surface area contributed by atoms with Crippen LogP contribution in [-0.2, 0) is 30.4 Å². The van der Waals surface area contributed by atoms with E-state index in [-0.39, 0.29) is 30.3 Å². The van der Waals surface area contributed by atoms with Gasteiger partial charge in [-0.1, -0.05) is 76.2 Å². The fraction of sp³-hybridized carbons (Fsp3) is 0.475. The molecule has 2 aliphatic heterocycles. The van der Waals surface area contributed by atoms with Gasteiger partial charge >= 0.3 is 18.2 Å². The summed E-state index contributed by atoms with van der Waals surface area (Å²) in [6.45, 7) is 8.42. The van der Waals surface area contributed by atoms with Crippen molar-refractivity contribution in [3.05, 3.63) is 66.1 Å². The van der Waals surface area contributed by atoms with Crippen molar-refractivity contribution in [1.29, 1.82) is 0 Å². The van der Waals surface area contributed by atoms with Crippen LogP contribution in [0.25, 0.3) is 22.4 Å². The first kappa shape index (κ1) is 41.2. The molecule has 56 heavy (non-hydrogen) atoms. The lowest BCUT2D eigenvalue weighted by molar-refractivity contribution is -0.140. The van der Waals surface area contributed by atoms with Crippen molar-refractivity contribution in [1.82, 2.24) is 41.0 Å². The van der Waals surface area contributed by atoms with Crippen LogP contribution in [0.15, 0.2) is 54.7 Å². The van der Waals surface area contributed by atoms with Crippen molar-refractivity contribution in [3.8, 4) is 22.4 Å². The maximum atomic E-state index is 13.5. The third-order valence-corrected chi connectivity index (χ3v) is 10.2. The van der Waals surface area contributed by atoms with E-state index in [1.807, 2.05) is 62.4 Å². The second kappa shape index (κ2) is 18.6. The van der Waals surface area contributed by atoms with Gasteiger partial charge in [-0.25, -0.2) is 19.4 Å². The van der Waals surface area contributed by atoms with Gasteiger partial charge in [0.05, 0.1) is 32.2 Å². The predicted molar refractivity (Wildman–Crippen MR) is 207 cm³/mol. The second-order valence-electron chi connectivity index (χ2n) is 14.7. The van der Waals surface area contributed by atoms with Gasteiger partial charge < -0.3 is 40.2 Å². The van der Waals surface area contributed by atoms with Gasteiger partial charge in [-0.05, 0) is 59.8 Å². The topological polar surface area (TPSA) is 204 Å². The number of nitrogens with zero attached hydrogens (tertiary/aromatic N) is 3. The summed E-state index contributed by atoms with van der Waals surface area (Å²) in [6, 6.07) is 12.4. The van der Waals surface area contributed by atoms with Crippen LogP contribution >= 0.6 is 0 Å². The predicted octanol–water partition coefficient (Wildman–Crippen LogP) is 4.49. The van der Waals surface area contributed by atoms with Gasteiger partial charge in [-0.15, -0.1) is 0 Å². The molecule has 3 heterocycles. The normalized spacial score (nSPS) is 17.6. The first-order chi connectivity index (χ1) is 26.8. The Morgan fingerprint density at radius 3 is 1.84 bits per heavy atom. The zero-order valence-electron chi connectivity index (χ0n) is 32.7. The van der Waals surface area contributed by atoms with Crippen LogP contribution in [-0.4, -0.2) is 101 Å². The molecule has 0 radical (unpaired) electrons. The molecule has 2 fully saturated rings. The molecule has 0 saturated carbocycles. The molecule has 4 atom stereocenters. The van der Waals surface area contributed by atoms with Gasteiger partial charge in [0.25, 0.3) is 5.91 Å². The first-order valence-corrected chi connectivity index (χ1v) is 18.9. The Hall–Kier alpha value is -5.93. The number of aromatic amines is 1. The third-order valence-electron chi connectivity index (χ3n) is 10.2. The molecule has 1 aromatic heterocycles. The number of imidazole rings is 1. The molecule has 2 aliphatic rings. The molecule has 0 aliphatic carbocycles. The van der Waals surface area contributed by atoms with Gasteiger partial charge in [0, 0.05) is 19.6 Å². The van der Waals surface area contributed by atoms with Crippen molar-refractivity contribution in [3.63, 3.8) is 0 Å². The number of hydrogen-bond donors (Lipinski definition) is 5. The number of carbonyl (C=O) groups excluding carboxylic acids is 6. The standard InChI is InChI=1S/C40H52N8O8/c1-23(2)32(44-39(53)55-5)36(50)47-19-7-9-30(47)34-41-22-29(43-34)28-17-15-27(16-18-28)26-13-11-25(12-14-26)21-42-38(52)46-35(49)31-10-8-20-48(31)37(51)33(24(3)4)45-40(54)56-6/h11-18,22-24,30-33H,7-10,19-21H2,1-6H3,(H,41,43)(H,44,53)(H,45,54)(H2,42,46,49,52)/t30-,31-,32-,33-/m0/s1. The van der Waals surface area contributed by atoms with Crippen molar-refractivity contribution in [2.75, 3.05) is 27.3 Å². The van der Waals surface area contributed by atoms with E-state index in [0.29, 0.717) is 31.8 Å². The number of hydrogen-bond acceptors (Lipinski definition) is 9. The van der Waals surface area contributed by atoms with Crippen LogP contribution in [0.4, 0.5) is 14.4 Å². The summed E-state index contributed by atoms with van der Waals surface area (Å²) < 4.78 is 9.38. The minimum atomic E-state index is -0.869. The number of urea groups is 1. The summed E-state index contributed by atoms with van der Waals surface area (Å²) in [5.41, 5.74) is 4.53. The van der Waals surface area contributed by atoms with E-state index in [1.165, 1.54) is 19.1 Å². The Labute approximate surface area is 326 Å². The smallest absolute Gasteiger partial charge is 0.407 e. The summed E-state index contributed by atoms with van der Waals surface area (Å²) in [5.74, 6) is -0.818. The number of carbonyl (C=O) groups is 6. The number of rotatable bonds is 12. The number of amides is 7. The summed E-state index contributed by atoms with van der Waals surface area (Å²) in [5, 5.41) is 10.3. The number of imide groups is 1. The second-order valence-corrected chi connectivity index (χ2v) is 14.7. The molecule has 3 aromatic rings. The molecule has 5 N–H and O–H groups in total. The number of nitrogens with one attached hydrogen (secondary N) is 5. The average Bonchev–Trinajstić information content (AvgIpc) is 3.99. The van der Waals surface area contributed by atoms with Crippen LogP contribution in [0.5, 0.6) is 0 Å². The highest BCUT2D eigenvalue weighted by molar-refractivity contribution is 5.99. The lowest BCUT2D eigenvalue weighted by atomic mass is 10.0. The van der Waals surface area contributed by atoms with E-state index in [0.717, 1.165) is 40.8 Å². The molecule has 0 bridgehead atoms. The van der Waals surface area contributed by atoms with E-state index in [9.17, 15) is 28.8 Å². The highest BCUT2D eigenvalue weighted by Gasteiger charge is 2.40. The molecule has 2 aromatic carbocycles. The summed E-state index contributed by atoms with van der Waals surface area (Å²) in [4.78, 5) is 87.4. The van der Waals surface area contributed by atoms with E-state index in [2.05, 4.69) is 36.0 Å². The first-order valence-electron chi connectivity index (χ1n) is 18.9. The molecule has 16 nitrogen and oxygen atoms in total. The molecular weight excluding hydrogens is 720 g/mol. The van der Waals surface area contributed by atoms with Gasteiger partial charge in [-0.3, -0.25) is 19.7 Å². The van der Waals surface area contributed by atoms with Crippen LogP contribution in [0.2, 0.25) is 0 Å². The van der Waals surface area contributed by atoms with E-state index < -0.39 is 48.2 Å². The number of alkyl carbamates (subject to hydrolysis) is 2. The van der Waals surface area contributed by atoms with Crippen molar-refractivity contribution in [2.45, 2.75) is 84.1 Å². The van der Waals surface area contributed by atoms with E-state index in [1.54, 1.807) is 24.9 Å². The van der Waals surface area contributed by atoms with Gasteiger partial charge in [0.1, 0.15) is 23.9 Å². The molecule has 0 spiro atoms. The fourth-order valence-electron chi connectivity index (χ4n) is 7.11. The largest absolute Gasteiger partial charge is 0.453 e. The highest BCUT2D eigenvalue weighted by atomic mass is 16.5. The summed E-state index contributed by atoms with van der Waals surface area (Å²) in [7, 11) is 2.49. The lowest BCUT2D eigenvalue weighted by Gasteiger charge is -2.30. The van der Waals surface area contributed by atoms with Crippen LogP contribution < -0.4 is 21.3 Å². The van der Waals surface area contributed by atoms with Crippen LogP contribution in [0.1, 0.15) is 70.8 Å². The van der Waals surface area contributed by atoms with Gasteiger partial charge in [0.2, 0.25) is 11.8 Å². The quantitative estimate of drug-likeness (QED) is 0.176. The van der Waals surface area contributed by atoms with Gasteiger partial charge in [0.15, 0.2) is 0 Å². The Bertz CT molecular complexity index is 1880. The minimum absolute atomic E-state index is 0.122. The van der Waals surface area contributed by atoms with Crippen molar-refractivity contribution in [2.24, 2.45) is 11.8 Å². The Morgan fingerprint density at radius 2 is 1.27 bits per heavy atom. The van der Waals surface area contributed by atoms with Crippen molar-refractivity contribution < 1.29 is 38.2 Å². The minimum Gasteiger partial charge on any atom is -0.453 e. The van der Waals surface area contributed by atoms with E-state index >= 15 is 0 Å². The number of benzene rings is 2. The summed E-state index contributed by atoms with van der Waals surface area (Å²) >= 11 is 0.